The Morgan fingerprint density at radius 1 is 1.08 bits per heavy atom. The van der Waals surface area contributed by atoms with Crippen molar-refractivity contribution in [1.82, 2.24) is 15.5 Å². The molecular weight excluding hydrogens is 358 g/mol. The second-order valence-electron chi connectivity index (χ2n) is 5.77. The summed E-state index contributed by atoms with van der Waals surface area (Å²) in [5.41, 5.74) is 1.42. The molecule has 1 saturated heterocycles. The normalized spacial score (nSPS) is 16.9. The third-order valence-corrected chi connectivity index (χ3v) is 5.14. The molecule has 0 spiro atoms. The van der Waals surface area contributed by atoms with Crippen molar-refractivity contribution >= 4 is 22.0 Å². The zero-order chi connectivity index (χ0) is 18.7. The lowest BCUT2D eigenvalue weighted by atomic mass is 10.00. The van der Waals surface area contributed by atoms with Crippen molar-refractivity contribution in [3.63, 3.8) is 0 Å². The molecule has 0 aromatic heterocycles. The number of carbonyl (C=O) groups excluding carboxylic acids is 2. The zero-order valence-corrected chi connectivity index (χ0v) is 14.7. The lowest BCUT2D eigenvalue weighted by Crippen LogP contribution is -2.32. The average molecular weight is 375 g/mol. The summed E-state index contributed by atoms with van der Waals surface area (Å²) in [5.74, 6) is -0.174. The number of sulfonamides is 1. The van der Waals surface area contributed by atoms with Crippen LogP contribution in [0.25, 0.3) is 0 Å². The van der Waals surface area contributed by atoms with Gasteiger partial charge in [0.2, 0.25) is 0 Å². The van der Waals surface area contributed by atoms with Crippen molar-refractivity contribution in [1.29, 1.82) is 0 Å². The minimum absolute atomic E-state index is 0.0663. The van der Waals surface area contributed by atoms with Gasteiger partial charge in [-0.25, -0.2) is 13.2 Å². The number of carbonyl (C=O) groups is 2. The number of rotatable bonds is 6. The first-order valence-corrected chi connectivity index (χ1v) is 9.29. The molecule has 0 bridgehead atoms. The van der Waals surface area contributed by atoms with Crippen molar-refractivity contribution in [2.75, 3.05) is 0 Å². The van der Waals surface area contributed by atoms with Crippen LogP contribution in [0.3, 0.4) is 0 Å². The lowest BCUT2D eigenvalue weighted by molar-refractivity contribution is -0.120. The van der Waals surface area contributed by atoms with Gasteiger partial charge in [0.05, 0.1) is 4.90 Å². The van der Waals surface area contributed by atoms with Crippen molar-refractivity contribution in [3.8, 4) is 5.75 Å². The van der Waals surface area contributed by atoms with Crippen LogP contribution in [-0.2, 0) is 21.2 Å². The highest BCUT2D eigenvalue weighted by atomic mass is 32.2. The summed E-state index contributed by atoms with van der Waals surface area (Å²) < 4.78 is 24.6. The molecule has 1 aliphatic heterocycles. The molecule has 0 aliphatic carbocycles. The fourth-order valence-corrected chi connectivity index (χ4v) is 3.40. The summed E-state index contributed by atoms with van der Waals surface area (Å²) in [5, 5.41) is 4.67. The number of amides is 3. The van der Waals surface area contributed by atoms with E-state index >= 15 is 0 Å². The molecule has 1 heterocycles. The van der Waals surface area contributed by atoms with E-state index in [-0.39, 0.29) is 17.1 Å². The maximum absolute atomic E-state index is 12.3. The van der Waals surface area contributed by atoms with E-state index in [1.54, 1.807) is 30.3 Å². The quantitative estimate of drug-likeness (QED) is 0.515. The van der Waals surface area contributed by atoms with Crippen LogP contribution in [0.4, 0.5) is 4.79 Å². The molecule has 26 heavy (non-hydrogen) atoms. The summed E-state index contributed by atoms with van der Waals surface area (Å²) in [4.78, 5) is 30.5. The SMILES string of the molecule is Cc1cccc(ONS(=O)(=O)c2ccccc2)c1CC1NC(=O)NC1=O. The molecule has 1 unspecified atom stereocenters. The Hall–Kier alpha value is -2.91. The van der Waals surface area contributed by atoms with E-state index in [9.17, 15) is 18.0 Å². The molecule has 2 aromatic carbocycles. The van der Waals surface area contributed by atoms with Gasteiger partial charge in [-0.15, -0.1) is 0 Å². The molecular formula is C17H17N3O5S. The van der Waals surface area contributed by atoms with E-state index in [1.165, 1.54) is 12.1 Å². The largest absolute Gasteiger partial charge is 0.393 e. The molecule has 3 rings (SSSR count). The first kappa shape index (κ1) is 17.9. The molecule has 3 N–H and O–H groups in total. The summed E-state index contributed by atoms with van der Waals surface area (Å²) in [6.45, 7) is 1.81. The number of imide groups is 1. The number of nitrogens with one attached hydrogen (secondary N) is 3. The minimum atomic E-state index is -3.86. The van der Waals surface area contributed by atoms with E-state index in [0.29, 0.717) is 5.56 Å². The highest BCUT2D eigenvalue weighted by Crippen LogP contribution is 2.24. The molecule has 9 heteroatoms. The van der Waals surface area contributed by atoms with Crippen LogP contribution in [0.5, 0.6) is 5.75 Å². The molecule has 0 radical (unpaired) electrons. The van der Waals surface area contributed by atoms with Gasteiger partial charge in [0.15, 0.2) is 5.75 Å². The molecule has 0 saturated carbocycles. The van der Waals surface area contributed by atoms with Crippen molar-refractivity contribution in [2.45, 2.75) is 24.3 Å². The van der Waals surface area contributed by atoms with Crippen molar-refractivity contribution < 1.29 is 22.8 Å². The number of hydrogen-bond acceptors (Lipinski definition) is 5. The van der Waals surface area contributed by atoms with Crippen LogP contribution in [0.2, 0.25) is 0 Å². The van der Waals surface area contributed by atoms with Crippen molar-refractivity contribution in [3.05, 3.63) is 59.7 Å². The smallest absolute Gasteiger partial charge is 0.322 e. The lowest BCUT2D eigenvalue weighted by Gasteiger charge is -2.16. The van der Waals surface area contributed by atoms with E-state index in [1.807, 2.05) is 13.0 Å². The second kappa shape index (κ2) is 7.14. The predicted molar refractivity (Wildman–Crippen MR) is 92.7 cm³/mol. The Morgan fingerprint density at radius 2 is 1.81 bits per heavy atom. The first-order chi connectivity index (χ1) is 12.4. The third kappa shape index (κ3) is 3.84. The van der Waals surface area contributed by atoms with Gasteiger partial charge in [0, 0.05) is 12.0 Å². The van der Waals surface area contributed by atoms with Crippen LogP contribution < -0.4 is 20.4 Å². The maximum atomic E-state index is 12.3. The Bertz CT molecular complexity index is 944. The summed E-state index contributed by atoms with van der Waals surface area (Å²) in [6, 6.07) is 11.6. The van der Waals surface area contributed by atoms with E-state index < -0.39 is 28.0 Å². The van der Waals surface area contributed by atoms with Crippen molar-refractivity contribution in [2.24, 2.45) is 0 Å². The molecule has 1 fully saturated rings. The fraction of sp³-hybridized carbons (Fsp3) is 0.176. The van der Waals surface area contributed by atoms with Crippen LogP contribution in [-0.4, -0.2) is 26.4 Å². The molecule has 3 amide bonds. The van der Waals surface area contributed by atoms with Gasteiger partial charge in [-0.05, 0) is 35.6 Å². The summed E-state index contributed by atoms with van der Waals surface area (Å²) in [6.07, 6.45) is 0.173. The van der Waals surface area contributed by atoms with Gasteiger partial charge in [0.25, 0.3) is 15.9 Å². The highest BCUT2D eigenvalue weighted by Gasteiger charge is 2.31. The van der Waals surface area contributed by atoms with E-state index in [2.05, 4.69) is 15.5 Å². The third-order valence-electron chi connectivity index (χ3n) is 3.95. The predicted octanol–water partition coefficient (Wildman–Crippen LogP) is 1.02. The standard InChI is InChI=1S/C17H17N3O5S/c1-11-6-5-9-15(13(11)10-14-16(21)19-17(22)18-14)25-20-26(23,24)12-7-3-2-4-8-12/h2-9,14,20H,10H2,1H3,(H2,18,19,21,22). The molecule has 2 aromatic rings. The van der Waals surface area contributed by atoms with Gasteiger partial charge in [-0.3, -0.25) is 10.1 Å². The monoisotopic (exact) mass is 375 g/mol. The molecule has 136 valence electrons. The van der Waals surface area contributed by atoms with E-state index in [4.69, 9.17) is 4.84 Å². The number of hydrogen-bond donors (Lipinski definition) is 3. The number of benzene rings is 2. The summed E-state index contributed by atoms with van der Waals surface area (Å²) in [7, 11) is -3.86. The molecule has 1 aliphatic rings. The van der Waals surface area contributed by atoms with E-state index in [0.717, 1.165) is 5.56 Å². The minimum Gasteiger partial charge on any atom is -0.393 e. The highest BCUT2D eigenvalue weighted by molar-refractivity contribution is 7.89. The molecule has 8 nitrogen and oxygen atoms in total. The summed E-state index contributed by atoms with van der Waals surface area (Å²) >= 11 is 0. The van der Waals surface area contributed by atoms with Gasteiger partial charge >= 0.3 is 6.03 Å². The topological polar surface area (TPSA) is 114 Å². The van der Waals surface area contributed by atoms with Gasteiger partial charge < -0.3 is 10.2 Å². The van der Waals surface area contributed by atoms with Crippen LogP contribution in [0.15, 0.2) is 53.4 Å². The van der Waals surface area contributed by atoms with Gasteiger partial charge in [-0.1, -0.05) is 30.3 Å². The second-order valence-corrected chi connectivity index (χ2v) is 7.42. The Balaban J connectivity index is 1.79. The van der Waals surface area contributed by atoms with Crippen LogP contribution in [0.1, 0.15) is 11.1 Å². The van der Waals surface area contributed by atoms with Crippen LogP contribution >= 0.6 is 0 Å². The maximum Gasteiger partial charge on any atom is 0.322 e. The van der Waals surface area contributed by atoms with Gasteiger partial charge in [0.1, 0.15) is 6.04 Å². The fourth-order valence-electron chi connectivity index (χ4n) is 2.59. The molecule has 1 atom stereocenters. The average Bonchev–Trinajstić information content (AvgIpc) is 2.93. The number of aryl methyl sites for hydroxylation is 1. The van der Waals surface area contributed by atoms with Crippen LogP contribution in [0, 0.1) is 6.92 Å². The first-order valence-electron chi connectivity index (χ1n) is 7.80. The zero-order valence-electron chi connectivity index (χ0n) is 13.9. The number of urea groups is 1. The Kier molecular flexibility index (Phi) is 4.92. The Morgan fingerprint density at radius 3 is 2.46 bits per heavy atom. The Labute approximate surface area is 150 Å². The van der Waals surface area contributed by atoms with Gasteiger partial charge in [-0.2, -0.15) is 0 Å².